The fourth-order valence-corrected chi connectivity index (χ4v) is 3.00. The molecule has 0 unspecified atom stereocenters. The van der Waals surface area contributed by atoms with Gasteiger partial charge in [0.2, 0.25) is 0 Å². The van der Waals surface area contributed by atoms with Gasteiger partial charge in [0.15, 0.2) is 5.78 Å². The molecule has 1 fully saturated rings. The van der Waals surface area contributed by atoms with Crippen molar-refractivity contribution in [2.45, 2.75) is 39.2 Å². The number of nitrogens with zero attached hydrogens (tertiary/aromatic N) is 1. The number of carbonyl (C=O) groups excluding carboxylic acids is 3. The van der Waals surface area contributed by atoms with Gasteiger partial charge in [0.1, 0.15) is 11.0 Å². The summed E-state index contributed by atoms with van der Waals surface area (Å²) in [6, 6.07) is 9.26. The van der Waals surface area contributed by atoms with Crippen LogP contribution in [0.5, 0.6) is 0 Å². The number of piperidine rings is 1. The monoisotopic (exact) mass is 347 g/mol. The lowest BCUT2D eigenvalue weighted by Crippen LogP contribution is -2.57. The van der Waals surface area contributed by atoms with Gasteiger partial charge in [-0.05, 0) is 32.8 Å². The van der Waals surface area contributed by atoms with Gasteiger partial charge in [0, 0.05) is 19.5 Å². The highest BCUT2D eigenvalue weighted by Gasteiger charge is 2.51. The van der Waals surface area contributed by atoms with E-state index in [4.69, 9.17) is 9.47 Å². The van der Waals surface area contributed by atoms with E-state index < -0.39 is 23.1 Å². The number of hydrogen-bond donors (Lipinski definition) is 0. The molecule has 2 rings (SSSR count). The molecule has 0 radical (unpaired) electrons. The second kappa shape index (κ2) is 7.25. The Hall–Kier alpha value is -2.37. The molecule has 1 aliphatic heterocycles. The second-order valence-electron chi connectivity index (χ2n) is 7.31. The summed E-state index contributed by atoms with van der Waals surface area (Å²) >= 11 is 0. The van der Waals surface area contributed by atoms with Crippen molar-refractivity contribution in [3.05, 3.63) is 35.9 Å². The predicted octanol–water partition coefficient (Wildman–Crippen LogP) is 2.60. The zero-order valence-electron chi connectivity index (χ0n) is 15.2. The summed E-state index contributed by atoms with van der Waals surface area (Å²) in [4.78, 5) is 39.1. The highest BCUT2D eigenvalue weighted by atomic mass is 16.6. The van der Waals surface area contributed by atoms with Crippen LogP contribution >= 0.6 is 0 Å². The van der Waals surface area contributed by atoms with E-state index in [0.29, 0.717) is 0 Å². The number of esters is 1. The zero-order valence-corrected chi connectivity index (χ0v) is 15.2. The van der Waals surface area contributed by atoms with Gasteiger partial charge in [-0.25, -0.2) is 4.79 Å². The Balaban J connectivity index is 2.31. The highest BCUT2D eigenvalue weighted by Crippen LogP contribution is 2.33. The molecule has 0 spiro atoms. The maximum absolute atomic E-state index is 12.7. The standard InChI is InChI=1S/C19H25NO5/c1-18(2,3)25-17(23)20-11-10-15(21)19(13-20,16(22)24-4)12-14-8-6-5-7-9-14/h5-9H,10-13H2,1-4H3/t19-/m1/s1. The van der Waals surface area contributed by atoms with E-state index >= 15 is 0 Å². The smallest absolute Gasteiger partial charge is 0.410 e. The third-order valence-corrected chi connectivity index (χ3v) is 4.18. The van der Waals surface area contributed by atoms with Crippen LogP contribution in [-0.2, 0) is 25.5 Å². The minimum atomic E-state index is -1.40. The Labute approximate surface area is 148 Å². The SMILES string of the molecule is COC(=O)[C@]1(Cc2ccccc2)CN(C(=O)OC(C)(C)C)CCC1=O. The Morgan fingerprint density at radius 2 is 1.84 bits per heavy atom. The summed E-state index contributed by atoms with van der Waals surface area (Å²) in [5, 5.41) is 0. The van der Waals surface area contributed by atoms with E-state index in [-0.39, 0.29) is 31.7 Å². The molecular formula is C19H25NO5. The molecule has 136 valence electrons. The van der Waals surface area contributed by atoms with Crippen LogP contribution in [0.2, 0.25) is 0 Å². The largest absolute Gasteiger partial charge is 0.468 e. The van der Waals surface area contributed by atoms with Gasteiger partial charge in [-0.3, -0.25) is 9.59 Å². The van der Waals surface area contributed by atoms with E-state index in [2.05, 4.69) is 0 Å². The number of likely N-dealkylation sites (tertiary alicyclic amines) is 1. The van der Waals surface area contributed by atoms with E-state index in [0.717, 1.165) is 5.56 Å². The molecule has 0 aliphatic carbocycles. The normalized spacial score (nSPS) is 21.0. The quantitative estimate of drug-likeness (QED) is 0.621. The number of ketones is 1. The Bertz CT molecular complexity index is 640. The number of ether oxygens (including phenoxy) is 2. The molecule has 1 heterocycles. The number of carbonyl (C=O) groups is 3. The number of hydrogen-bond acceptors (Lipinski definition) is 5. The van der Waals surface area contributed by atoms with Crippen molar-refractivity contribution >= 4 is 17.8 Å². The van der Waals surface area contributed by atoms with Gasteiger partial charge < -0.3 is 14.4 Å². The number of benzene rings is 1. The minimum Gasteiger partial charge on any atom is -0.468 e. The molecular weight excluding hydrogens is 322 g/mol. The number of rotatable bonds is 3. The molecule has 1 aliphatic rings. The minimum absolute atomic E-state index is 0.0394. The van der Waals surface area contributed by atoms with Crippen molar-refractivity contribution in [3.63, 3.8) is 0 Å². The molecule has 1 atom stereocenters. The number of methoxy groups -OCH3 is 1. The fraction of sp³-hybridized carbons (Fsp3) is 0.526. The van der Waals surface area contributed by atoms with E-state index in [1.807, 2.05) is 30.3 Å². The Morgan fingerprint density at radius 3 is 2.40 bits per heavy atom. The zero-order chi connectivity index (χ0) is 18.7. The third kappa shape index (κ3) is 4.38. The van der Waals surface area contributed by atoms with Crippen LogP contribution in [0.15, 0.2) is 30.3 Å². The Morgan fingerprint density at radius 1 is 1.20 bits per heavy atom. The average molecular weight is 347 g/mol. The molecule has 0 saturated carbocycles. The van der Waals surface area contributed by atoms with Crippen LogP contribution in [0.1, 0.15) is 32.8 Å². The molecule has 6 heteroatoms. The van der Waals surface area contributed by atoms with Gasteiger partial charge in [0.25, 0.3) is 0 Å². The van der Waals surface area contributed by atoms with E-state index in [9.17, 15) is 14.4 Å². The van der Waals surface area contributed by atoms with Crippen molar-refractivity contribution < 1.29 is 23.9 Å². The lowest BCUT2D eigenvalue weighted by molar-refractivity contribution is -0.161. The van der Waals surface area contributed by atoms with Gasteiger partial charge in [-0.15, -0.1) is 0 Å². The van der Waals surface area contributed by atoms with Crippen molar-refractivity contribution in [2.75, 3.05) is 20.2 Å². The lowest BCUT2D eigenvalue weighted by atomic mass is 9.74. The summed E-state index contributed by atoms with van der Waals surface area (Å²) in [6.07, 6.45) is -0.235. The molecule has 1 amide bonds. The van der Waals surface area contributed by atoms with Crippen molar-refractivity contribution in [1.29, 1.82) is 0 Å². The van der Waals surface area contributed by atoms with E-state index in [1.54, 1.807) is 20.8 Å². The van der Waals surface area contributed by atoms with Gasteiger partial charge in [-0.2, -0.15) is 0 Å². The summed E-state index contributed by atoms with van der Waals surface area (Å²) in [7, 11) is 1.26. The molecule has 1 saturated heterocycles. The first kappa shape index (κ1) is 19.0. The maximum Gasteiger partial charge on any atom is 0.410 e. The van der Waals surface area contributed by atoms with Crippen LogP contribution in [0.3, 0.4) is 0 Å². The van der Waals surface area contributed by atoms with Gasteiger partial charge >= 0.3 is 12.1 Å². The maximum atomic E-state index is 12.7. The average Bonchev–Trinajstić information content (AvgIpc) is 2.55. The number of amides is 1. The Kier molecular flexibility index (Phi) is 5.50. The van der Waals surface area contributed by atoms with Crippen LogP contribution < -0.4 is 0 Å². The van der Waals surface area contributed by atoms with Crippen LogP contribution in [0, 0.1) is 5.41 Å². The number of Topliss-reactive ketones (excluding diaryl/α,β-unsaturated/α-hetero) is 1. The molecule has 1 aromatic carbocycles. The van der Waals surface area contributed by atoms with Gasteiger partial charge in [-0.1, -0.05) is 30.3 Å². The molecule has 0 bridgehead atoms. The molecule has 0 aromatic heterocycles. The summed E-state index contributed by atoms with van der Waals surface area (Å²) < 4.78 is 10.3. The first-order valence-electron chi connectivity index (χ1n) is 8.31. The summed E-state index contributed by atoms with van der Waals surface area (Å²) in [5.41, 5.74) is -1.20. The van der Waals surface area contributed by atoms with Gasteiger partial charge in [0.05, 0.1) is 7.11 Å². The molecule has 6 nitrogen and oxygen atoms in total. The molecule has 1 aromatic rings. The second-order valence-corrected chi connectivity index (χ2v) is 7.31. The summed E-state index contributed by atoms with van der Waals surface area (Å²) in [6.45, 7) is 5.52. The topological polar surface area (TPSA) is 72.9 Å². The van der Waals surface area contributed by atoms with Crippen molar-refractivity contribution in [2.24, 2.45) is 5.41 Å². The fourth-order valence-electron chi connectivity index (χ4n) is 3.00. The van der Waals surface area contributed by atoms with Crippen molar-refractivity contribution in [1.82, 2.24) is 4.90 Å². The van der Waals surface area contributed by atoms with E-state index in [1.165, 1.54) is 12.0 Å². The lowest BCUT2D eigenvalue weighted by Gasteiger charge is -2.39. The van der Waals surface area contributed by atoms with Crippen LogP contribution in [0.25, 0.3) is 0 Å². The van der Waals surface area contributed by atoms with Crippen LogP contribution in [-0.4, -0.2) is 48.5 Å². The summed E-state index contributed by atoms with van der Waals surface area (Å²) in [5.74, 6) is -0.822. The third-order valence-electron chi connectivity index (χ3n) is 4.18. The first-order chi connectivity index (χ1) is 11.7. The highest BCUT2D eigenvalue weighted by molar-refractivity contribution is 6.05. The van der Waals surface area contributed by atoms with Crippen molar-refractivity contribution in [3.8, 4) is 0 Å². The predicted molar refractivity (Wildman–Crippen MR) is 92.0 cm³/mol. The van der Waals surface area contributed by atoms with Crippen LogP contribution in [0.4, 0.5) is 4.79 Å². The molecule has 0 N–H and O–H groups in total. The first-order valence-corrected chi connectivity index (χ1v) is 8.31. The molecule has 25 heavy (non-hydrogen) atoms.